The molecule has 0 radical (unpaired) electrons. The van der Waals surface area contributed by atoms with Crippen molar-refractivity contribution in [3.05, 3.63) is 18.2 Å². The Balaban J connectivity index is 2.09. The fraction of sp³-hybridized carbons (Fsp3) is 0.429. The fourth-order valence-corrected chi connectivity index (χ4v) is 2.73. The van der Waals surface area contributed by atoms with E-state index < -0.39 is 6.09 Å². The third kappa shape index (κ3) is 2.70. The molecule has 1 saturated heterocycles. The van der Waals surface area contributed by atoms with E-state index >= 15 is 0 Å². The molecule has 1 fully saturated rings. The van der Waals surface area contributed by atoms with E-state index in [1.54, 1.807) is 12.1 Å². The molecule has 0 atom stereocenters. The monoisotopic (exact) mass is 305 g/mol. The van der Waals surface area contributed by atoms with Crippen molar-refractivity contribution in [1.29, 1.82) is 0 Å². The number of piperazine rings is 1. The van der Waals surface area contributed by atoms with Crippen LogP contribution in [0.3, 0.4) is 0 Å². The summed E-state index contributed by atoms with van der Waals surface area (Å²) >= 11 is 0. The number of imidazole rings is 1. The Morgan fingerprint density at radius 2 is 2.18 bits per heavy atom. The van der Waals surface area contributed by atoms with Crippen molar-refractivity contribution in [2.24, 2.45) is 5.73 Å². The molecule has 1 aromatic carbocycles. The molecule has 2 aromatic rings. The van der Waals surface area contributed by atoms with Gasteiger partial charge in [-0.05, 0) is 12.1 Å². The van der Waals surface area contributed by atoms with Gasteiger partial charge in [0.2, 0.25) is 5.95 Å². The average Bonchev–Trinajstić information content (AvgIpc) is 2.88. The molecule has 1 amide bonds. The first-order chi connectivity index (χ1) is 10.7. The zero-order valence-corrected chi connectivity index (χ0v) is 12.2. The lowest BCUT2D eigenvalue weighted by atomic mass is 10.3. The van der Waals surface area contributed by atoms with Gasteiger partial charge >= 0.3 is 6.09 Å². The van der Waals surface area contributed by atoms with Gasteiger partial charge in [-0.3, -0.25) is 0 Å². The smallest absolute Gasteiger partial charge is 0.408 e. The summed E-state index contributed by atoms with van der Waals surface area (Å²) in [4.78, 5) is 17.8. The minimum atomic E-state index is -0.868. The normalized spacial score (nSPS) is 15.2. The van der Waals surface area contributed by atoms with E-state index in [2.05, 4.69) is 15.2 Å². The zero-order valence-electron chi connectivity index (χ0n) is 12.2. The Morgan fingerprint density at radius 1 is 1.41 bits per heavy atom. The quantitative estimate of drug-likeness (QED) is 0.728. The van der Waals surface area contributed by atoms with Crippen molar-refractivity contribution in [1.82, 2.24) is 14.9 Å². The van der Waals surface area contributed by atoms with Crippen LogP contribution in [0.4, 0.5) is 10.7 Å². The number of fused-ring (bicyclic) bond motifs is 1. The van der Waals surface area contributed by atoms with E-state index in [0.29, 0.717) is 17.8 Å². The number of nitrogens with one attached hydrogen (secondary N) is 1. The number of hydrogen-bond donors (Lipinski definition) is 3. The lowest BCUT2D eigenvalue weighted by molar-refractivity contribution is 0.211. The molecule has 3 rings (SSSR count). The van der Waals surface area contributed by atoms with Crippen molar-refractivity contribution >= 4 is 23.1 Å². The summed E-state index contributed by atoms with van der Waals surface area (Å²) in [6, 6.07) is 5.32. The van der Waals surface area contributed by atoms with Gasteiger partial charge in [0.1, 0.15) is 5.52 Å². The zero-order chi connectivity index (χ0) is 15.5. The summed E-state index contributed by atoms with van der Waals surface area (Å²) in [5, 5.41) is 12.6. The number of carbonyl (C=O) groups excluding carboxylic acids is 1. The molecule has 1 aliphatic rings. The number of benzene rings is 1. The molecular weight excluding hydrogens is 286 g/mol. The van der Waals surface area contributed by atoms with E-state index in [9.17, 15) is 9.90 Å². The van der Waals surface area contributed by atoms with Gasteiger partial charge in [0, 0.05) is 32.7 Å². The number of para-hydroxylation sites is 1. The van der Waals surface area contributed by atoms with Crippen LogP contribution in [0.1, 0.15) is 0 Å². The number of hydrogen-bond acceptors (Lipinski definition) is 6. The largest absolute Gasteiger partial charge is 0.410 e. The Bertz CT molecular complexity index is 678. The SMILES string of the molecule is NC(=O)Oc1cccc2c1nc(N1CCNCC1)n2CCO. The van der Waals surface area contributed by atoms with E-state index in [1.807, 2.05) is 10.6 Å². The van der Waals surface area contributed by atoms with Crippen molar-refractivity contribution in [3.63, 3.8) is 0 Å². The summed E-state index contributed by atoms with van der Waals surface area (Å²) in [5.41, 5.74) is 6.49. The highest BCUT2D eigenvalue weighted by Gasteiger charge is 2.21. The molecule has 0 bridgehead atoms. The maximum atomic E-state index is 11.0. The Labute approximate surface area is 127 Å². The third-order valence-corrected chi connectivity index (χ3v) is 3.66. The van der Waals surface area contributed by atoms with Crippen LogP contribution >= 0.6 is 0 Å². The molecular formula is C14H19N5O3. The highest BCUT2D eigenvalue weighted by Crippen LogP contribution is 2.29. The maximum Gasteiger partial charge on any atom is 0.410 e. The molecule has 0 aliphatic carbocycles. The summed E-state index contributed by atoms with van der Waals surface area (Å²) in [7, 11) is 0. The Hall–Kier alpha value is -2.32. The molecule has 0 unspecified atom stereocenters. The molecule has 22 heavy (non-hydrogen) atoms. The minimum absolute atomic E-state index is 0.00541. The van der Waals surface area contributed by atoms with Gasteiger partial charge in [0.15, 0.2) is 5.75 Å². The second kappa shape index (κ2) is 6.20. The molecule has 1 aromatic heterocycles. The van der Waals surface area contributed by atoms with E-state index in [1.165, 1.54) is 0 Å². The second-order valence-corrected chi connectivity index (χ2v) is 5.07. The lowest BCUT2D eigenvalue weighted by Gasteiger charge is -2.28. The molecule has 4 N–H and O–H groups in total. The molecule has 0 spiro atoms. The number of carbonyl (C=O) groups is 1. The molecule has 8 nitrogen and oxygen atoms in total. The Kier molecular flexibility index (Phi) is 4.12. The van der Waals surface area contributed by atoms with Crippen molar-refractivity contribution < 1.29 is 14.6 Å². The van der Waals surface area contributed by atoms with E-state index in [-0.39, 0.29) is 6.61 Å². The van der Waals surface area contributed by atoms with Gasteiger partial charge in [-0.1, -0.05) is 6.07 Å². The van der Waals surface area contributed by atoms with Gasteiger partial charge < -0.3 is 30.4 Å². The van der Waals surface area contributed by atoms with Crippen molar-refractivity contribution in [3.8, 4) is 5.75 Å². The average molecular weight is 305 g/mol. The van der Waals surface area contributed by atoms with Crippen LogP contribution in [0.15, 0.2) is 18.2 Å². The summed E-state index contributed by atoms with van der Waals surface area (Å²) in [6.45, 7) is 3.86. The molecule has 8 heteroatoms. The molecule has 118 valence electrons. The predicted octanol–water partition coefficient (Wildman–Crippen LogP) is -0.104. The number of nitrogens with zero attached hydrogens (tertiary/aromatic N) is 3. The number of amides is 1. The third-order valence-electron chi connectivity index (χ3n) is 3.66. The number of nitrogens with two attached hydrogens (primary N) is 1. The first kappa shape index (κ1) is 14.6. The number of primary amides is 1. The number of aliphatic hydroxyl groups excluding tert-OH is 1. The summed E-state index contributed by atoms with van der Waals surface area (Å²) < 4.78 is 6.97. The summed E-state index contributed by atoms with van der Waals surface area (Å²) in [5.74, 6) is 1.10. The molecule has 1 aliphatic heterocycles. The molecule has 2 heterocycles. The first-order valence-electron chi connectivity index (χ1n) is 7.24. The standard InChI is InChI=1S/C14H19N5O3/c15-13(21)22-11-3-1-2-10-12(11)17-14(19(10)8-9-20)18-6-4-16-5-7-18/h1-3,16,20H,4-9H2,(H2,15,21). The number of anilines is 1. The van der Waals surface area contributed by atoms with Gasteiger partial charge in [-0.25, -0.2) is 9.78 Å². The molecule has 0 saturated carbocycles. The highest BCUT2D eigenvalue weighted by molar-refractivity contribution is 5.87. The minimum Gasteiger partial charge on any atom is -0.408 e. The van der Waals surface area contributed by atoms with Crippen LogP contribution < -0.4 is 20.7 Å². The number of aliphatic hydroxyl groups is 1. The van der Waals surface area contributed by atoms with Crippen LogP contribution in [-0.4, -0.2) is 53.5 Å². The van der Waals surface area contributed by atoms with Gasteiger partial charge in [-0.2, -0.15) is 0 Å². The van der Waals surface area contributed by atoms with Gasteiger partial charge in [0.05, 0.1) is 12.1 Å². The van der Waals surface area contributed by atoms with Crippen molar-refractivity contribution in [2.75, 3.05) is 37.7 Å². The predicted molar refractivity (Wildman–Crippen MR) is 82.1 cm³/mol. The topological polar surface area (TPSA) is 106 Å². The highest BCUT2D eigenvalue weighted by atomic mass is 16.5. The van der Waals surface area contributed by atoms with Gasteiger partial charge in [0.25, 0.3) is 0 Å². The van der Waals surface area contributed by atoms with Gasteiger partial charge in [-0.15, -0.1) is 0 Å². The fourth-order valence-electron chi connectivity index (χ4n) is 2.73. The van der Waals surface area contributed by atoms with Crippen molar-refractivity contribution in [2.45, 2.75) is 6.54 Å². The van der Waals surface area contributed by atoms with Crippen LogP contribution in [0.25, 0.3) is 11.0 Å². The van der Waals surface area contributed by atoms with E-state index in [0.717, 1.165) is 37.6 Å². The van der Waals surface area contributed by atoms with E-state index in [4.69, 9.17) is 10.5 Å². The lowest BCUT2D eigenvalue weighted by Crippen LogP contribution is -2.44. The maximum absolute atomic E-state index is 11.0. The number of aromatic nitrogens is 2. The number of ether oxygens (including phenoxy) is 1. The first-order valence-corrected chi connectivity index (χ1v) is 7.24. The van der Waals surface area contributed by atoms with Crippen LogP contribution in [-0.2, 0) is 6.54 Å². The van der Waals surface area contributed by atoms with Crippen LogP contribution in [0, 0.1) is 0 Å². The summed E-state index contributed by atoms with van der Waals surface area (Å²) in [6.07, 6.45) is -0.868. The Morgan fingerprint density at radius 3 is 2.86 bits per heavy atom. The second-order valence-electron chi connectivity index (χ2n) is 5.07. The van der Waals surface area contributed by atoms with Crippen LogP contribution in [0.2, 0.25) is 0 Å². The van der Waals surface area contributed by atoms with Crippen LogP contribution in [0.5, 0.6) is 5.75 Å². The number of rotatable bonds is 4.